The Labute approximate surface area is 231 Å². The fraction of sp³-hybridized carbons (Fsp3) is 0.333. The Bertz CT molecular complexity index is 1570. The number of carbonyl (C=O) groups is 4. The van der Waals surface area contributed by atoms with E-state index in [-0.39, 0.29) is 25.3 Å². The van der Waals surface area contributed by atoms with Gasteiger partial charge in [-0.15, -0.1) is 0 Å². The summed E-state index contributed by atoms with van der Waals surface area (Å²) in [5.74, 6) is -2.67. The van der Waals surface area contributed by atoms with Gasteiger partial charge in [-0.05, 0) is 41.7 Å². The van der Waals surface area contributed by atoms with Crippen LogP contribution in [0.3, 0.4) is 0 Å². The summed E-state index contributed by atoms with van der Waals surface area (Å²) in [6, 6.07) is 16.3. The summed E-state index contributed by atoms with van der Waals surface area (Å²) in [5, 5.41) is 18.9. The molecular formula is C30H30N6O4. The lowest BCUT2D eigenvalue weighted by Gasteiger charge is -2.31. The molecule has 1 spiro atoms. The van der Waals surface area contributed by atoms with Gasteiger partial charge in [0.15, 0.2) is 0 Å². The van der Waals surface area contributed by atoms with E-state index in [0.29, 0.717) is 16.9 Å². The monoisotopic (exact) mass is 538 g/mol. The summed E-state index contributed by atoms with van der Waals surface area (Å²) in [5.41, 5.74) is 1.01. The van der Waals surface area contributed by atoms with Crippen molar-refractivity contribution in [2.24, 2.45) is 5.41 Å². The summed E-state index contributed by atoms with van der Waals surface area (Å²) >= 11 is 0. The maximum absolute atomic E-state index is 13.9. The molecule has 10 nitrogen and oxygen atoms in total. The van der Waals surface area contributed by atoms with Crippen molar-refractivity contribution < 1.29 is 19.2 Å². The van der Waals surface area contributed by atoms with E-state index >= 15 is 0 Å². The molecule has 3 aromatic rings. The van der Waals surface area contributed by atoms with Crippen LogP contribution in [0.2, 0.25) is 0 Å². The van der Waals surface area contributed by atoms with Crippen molar-refractivity contribution >= 4 is 45.9 Å². The number of amides is 4. The molecular weight excluding hydrogens is 508 g/mol. The molecule has 0 bridgehead atoms. The maximum atomic E-state index is 13.9. The van der Waals surface area contributed by atoms with Crippen molar-refractivity contribution in [3.8, 4) is 6.07 Å². The minimum Gasteiger partial charge on any atom is -0.336 e. The molecule has 3 atom stereocenters. The number of aromatic nitrogens is 1. The van der Waals surface area contributed by atoms with Gasteiger partial charge < -0.3 is 20.9 Å². The maximum Gasteiger partial charge on any atom is 0.313 e. The minimum atomic E-state index is -1.08. The van der Waals surface area contributed by atoms with Gasteiger partial charge in [0.1, 0.15) is 12.1 Å². The number of rotatable bonds is 4. The van der Waals surface area contributed by atoms with Crippen LogP contribution in [0.4, 0.5) is 11.4 Å². The second-order valence-electron chi connectivity index (χ2n) is 11.6. The Hall–Kier alpha value is -4.78. The van der Waals surface area contributed by atoms with Crippen LogP contribution in [0, 0.1) is 16.7 Å². The highest BCUT2D eigenvalue weighted by Crippen LogP contribution is 2.46. The zero-order valence-electron chi connectivity index (χ0n) is 22.5. The van der Waals surface area contributed by atoms with Crippen LogP contribution in [0.5, 0.6) is 0 Å². The molecule has 5 rings (SSSR count). The van der Waals surface area contributed by atoms with E-state index in [1.807, 2.05) is 45.0 Å². The molecule has 1 fully saturated rings. The molecule has 3 heterocycles. The normalized spacial score (nSPS) is 20.5. The number of hydrogen-bond acceptors (Lipinski definition) is 6. The molecule has 3 N–H and O–H groups in total. The molecule has 2 aliphatic heterocycles. The van der Waals surface area contributed by atoms with E-state index in [1.165, 1.54) is 4.90 Å². The first-order chi connectivity index (χ1) is 19.0. The van der Waals surface area contributed by atoms with Crippen LogP contribution in [0.1, 0.15) is 39.2 Å². The van der Waals surface area contributed by atoms with Gasteiger partial charge in [0.2, 0.25) is 11.8 Å². The quantitative estimate of drug-likeness (QED) is 0.436. The smallest absolute Gasteiger partial charge is 0.313 e. The second-order valence-corrected chi connectivity index (χ2v) is 11.6. The Morgan fingerprint density at radius 1 is 1.15 bits per heavy atom. The van der Waals surface area contributed by atoms with Gasteiger partial charge in [-0.2, -0.15) is 5.26 Å². The Morgan fingerprint density at radius 3 is 2.67 bits per heavy atom. The predicted molar refractivity (Wildman–Crippen MR) is 149 cm³/mol. The third-order valence-corrected chi connectivity index (χ3v) is 7.41. The van der Waals surface area contributed by atoms with Gasteiger partial charge in [-0.3, -0.25) is 24.2 Å². The van der Waals surface area contributed by atoms with E-state index < -0.39 is 40.6 Å². The number of nitrogens with zero attached hydrogens (tertiary/aromatic N) is 3. The van der Waals surface area contributed by atoms with Crippen molar-refractivity contribution in [3.05, 3.63) is 66.4 Å². The first-order valence-corrected chi connectivity index (χ1v) is 13.1. The Kier molecular flexibility index (Phi) is 6.75. The number of nitrogens with one attached hydrogen (secondary N) is 3. The Balaban J connectivity index is 1.36. The highest BCUT2D eigenvalue weighted by atomic mass is 16.2. The number of para-hydroxylation sites is 1. The van der Waals surface area contributed by atoms with Crippen molar-refractivity contribution in [2.45, 2.75) is 51.1 Å². The highest BCUT2D eigenvalue weighted by Gasteiger charge is 2.56. The molecule has 1 saturated heterocycles. The number of benzene rings is 2. The fourth-order valence-corrected chi connectivity index (χ4v) is 5.55. The molecule has 40 heavy (non-hydrogen) atoms. The number of hydrogen-bond donors (Lipinski definition) is 3. The molecule has 0 aliphatic carbocycles. The van der Waals surface area contributed by atoms with Crippen molar-refractivity contribution in [3.63, 3.8) is 0 Å². The average molecular weight is 539 g/mol. The molecule has 2 aromatic carbocycles. The van der Waals surface area contributed by atoms with Crippen molar-refractivity contribution in [2.75, 3.05) is 17.2 Å². The average Bonchev–Trinajstić information content (AvgIpc) is 3.44. The number of carbonyl (C=O) groups excluding carboxylic acids is 4. The number of fused-ring (bicyclic) bond motifs is 3. The number of nitriles is 1. The van der Waals surface area contributed by atoms with E-state index in [4.69, 9.17) is 0 Å². The van der Waals surface area contributed by atoms with Crippen LogP contribution in [-0.2, 0) is 24.6 Å². The van der Waals surface area contributed by atoms with Crippen LogP contribution < -0.4 is 16.0 Å². The van der Waals surface area contributed by atoms with Crippen LogP contribution in [0.25, 0.3) is 10.9 Å². The van der Waals surface area contributed by atoms with Crippen molar-refractivity contribution in [1.29, 1.82) is 5.26 Å². The summed E-state index contributed by atoms with van der Waals surface area (Å²) in [4.78, 5) is 58.5. The van der Waals surface area contributed by atoms with E-state index in [9.17, 15) is 24.4 Å². The molecule has 4 amide bonds. The first-order valence-electron chi connectivity index (χ1n) is 13.1. The van der Waals surface area contributed by atoms with Crippen LogP contribution in [-0.4, -0.2) is 52.1 Å². The lowest BCUT2D eigenvalue weighted by molar-refractivity contribution is -0.141. The standard InChI is InChI=1S/C30H30N6O4/c1-29(2,3)15-24(34-26(38)25(37)33-19-11-10-18-7-6-12-32-23(18)13-19)27(39)36-17-30(14-20(36)16-31)21-8-4-5-9-22(21)35-28(30)40/h4-13,20,24H,14-15,17H2,1-3H3,(H,33,37)(H,34,38)(H,35,40)/t20-,24-,30-/m0/s1. The SMILES string of the molecule is CC(C)(C)C[C@H](NC(=O)C(=O)Nc1ccc2cccnc2c1)C(=O)N1C[C@]2(C[C@H]1C#N)C(=O)Nc1ccccc12. The third kappa shape index (κ3) is 4.98. The summed E-state index contributed by atoms with van der Waals surface area (Å²) < 4.78 is 0. The minimum absolute atomic E-state index is 0.000292. The molecule has 204 valence electrons. The largest absolute Gasteiger partial charge is 0.336 e. The molecule has 1 aromatic heterocycles. The van der Waals surface area contributed by atoms with Gasteiger partial charge in [0, 0.05) is 35.9 Å². The lowest BCUT2D eigenvalue weighted by atomic mass is 9.80. The van der Waals surface area contributed by atoms with E-state index in [2.05, 4.69) is 27.0 Å². The first kappa shape index (κ1) is 26.8. The van der Waals surface area contributed by atoms with Gasteiger partial charge in [-0.25, -0.2) is 0 Å². The Morgan fingerprint density at radius 2 is 1.93 bits per heavy atom. The van der Waals surface area contributed by atoms with Gasteiger partial charge in [0.25, 0.3) is 0 Å². The molecule has 0 saturated carbocycles. The number of likely N-dealkylation sites (tertiary alicyclic amines) is 1. The van der Waals surface area contributed by atoms with Gasteiger partial charge in [-0.1, -0.05) is 51.1 Å². The molecule has 0 radical (unpaired) electrons. The van der Waals surface area contributed by atoms with Crippen LogP contribution in [0.15, 0.2) is 60.8 Å². The highest BCUT2D eigenvalue weighted by molar-refractivity contribution is 6.40. The van der Waals surface area contributed by atoms with E-state index in [1.54, 1.807) is 36.5 Å². The van der Waals surface area contributed by atoms with Crippen molar-refractivity contribution in [1.82, 2.24) is 15.2 Å². The zero-order valence-corrected chi connectivity index (χ0v) is 22.5. The van der Waals surface area contributed by atoms with Gasteiger partial charge in [0.05, 0.1) is 17.0 Å². The summed E-state index contributed by atoms with van der Waals surface area (Å²) in [7, 11) is 0. The summed E-state index contributed by atoms with van der Waals surface area (Å²) in [6.45, 7) is 5.74. The van der Waals surface area contributed by atoms with Crippen LogP contribution >= 0.6 is 0 Å². The number of pyridine rings is 1. The molecule has 10 heteroatoms. The fourth-order valence-electron chi connectivity index (χ4n) is 5.55. The second kappa shape index (κ2) is 10.1. The summed E-state index contributed by atoms with van der Waals surface area (Å²) in [6.07, 6.45) is 1.99. The molecule has 0 unspecified atom stereocenters. The van der Waals surface area contributed by atoms with E-state index in [0.717, 1.165) is 10.9 Å². The predicted octanol–water partition coefficient (Wildman–Crippen LogP) is 3.11. The molecule has 2 aliphatic rings. The lowest BCUT2D eigenvalue weighted by Crippen LogP contribution is -2.53. The topological polar surface area (TPSA) is 144 Å². The third-order valence-electron chi connectivity index (χ3n) is 7.41. The number of anilines is 2. The van der Waals surface area contributed by atoms with Gasteiger partial charge >= 0.3 is 11.8 Å². The zero-order chi connectivity index (χ0) is 28.7.